The molecule has 1 unspecified atom stereocenters. The van der Waals surface area contributed by atoms with Crippen LogP contribution in [0.1, 0.15) is 38.2 Å². The van der Waals surface area contributed by atoms with E-state index in [9.17, 15) is 4.39 Å². The summed E-state index contributed by atoms with van der Waals surface area (Å²) in [6.07, 6.45) is 4.11. The minimum atomic E-state index is -0.129. The maximum Gasteiger partial charge on any atom is 0.146 e. The van der Waals surface area contributed by atoms with Crippen molar-refractivity contribution in [1.82, 2.24) is 5.32 Å². The molecule has 1 heterocycles. The Hall–Kier alpha value is -1.13. The Balaban J connectivity index is 1.99. The van der Waals surface area contributed by atoms with Crippen LogP contribution >= 0.6 is 0 Å². The number of benzene rings is 1. The van der Waals surface area contributed by atoms with Crippen LogP contribution in [0.4, 0.5) is 10.1 Å². The van der Waals surface area contributed by atoms with Crippen LogP contribution in [0.5, 0.6) is 0 Å². The van der Waals surface area contributed by atoms with Crippen LogP contribution in [0.15, 0.2) is 18.2 Å². The lowest BCUT2D eigenvalue weighted by atomic mass is 9.94. The molecule has 1 saturated heterocycles. The number of aliphatic hydroxyl groups excluding tert-OH is 1. The van der Waals surface area contributed by atoms with Crippen molar-refractivity contribution in [3.63, 3.8) is 0 Å². The van der Waals surface area contributed by atoms with Gasteiger partial charge in [-0.05, 0) is 55.8 Å². The summed E-state index contributed by atoms with van der Waals surface area (Å²) < 4.78 is 14.3. The van der Waals surface area contributed by atoms with Crippen molar-refractivity contribution in [1.29, 1.82) is 0 Å². The third-order valence-electron chi connectivity index (χ3n) is 4.17. The van der Waals surface area contributed by atoms with E-state index in [1.165, 1.54) is 0 Å². The second kappa shape index (κ2) is 8.35. The van der Waals surface area contributed by atoms with E-state index in [0.29, 0.717) is 11.6 Å². The first kappa shape index (κ1) is 16.2. The predicted octanol–water partition coefficient (Wildman–Crippen LogP) is 2.92. The van der Waals surface area contributed by atoms with E-state index in [0.717, 1.165) is 57.4 Å². The highest BCUT2D eigenvalue weighted by atomic mass is 19.1. The highest BCUT2D eigenvalue weighted by molar-refractivity contribution is 5.49. The molecular weight excluding hydrogens is 267 g/mol. The number of aliphatic hydroxyl groups is 1. The van der Waals surface area contributed by atoms with Gasteiger partial charge in [-0.25, -0.2) is 4.39 Å². The maximum absolute atomic E-state index is 14.3. The summed E-state index contributed by atoms with van der Waals surface area (Å²) in [7, 11) is 0. The Morgan fingerprint density at radius 2 is 2.29 bits per heavy atom. The third kappa shape index (κ3) is 4.68. The fourth-order valence-corrected chi connectivity index (χ4v) is 3.03. The second-order valence-corrected chi connectivity index (χ2v) is 5.93. The van der Waals surface area contributed by atoms with Crippen molar-refractivity contribution in [2.24, 2.45) is 5.92 Å². The average molecular weight is 294 g/mol. The smallest absolute Gasteiger partial charge is 0.146 e. The lowest BCUT2D eigenvalue weighted by molar-refractivity contribution is 0.244. The molecule has 2 rings (SSSR count). The summed E-state index contributed by atoms with van der Waals surface area (Å²) in [5.41, 5.74) is 1.70. The molecule has 2 N–H and O–H groups in total. The summed E-state index contributed by atoms with van der Waals surface area (Å²) in [6, 6.07) is 5.56. The zero-order chi connectivity index (χ0) is 15.1. The van der Waals surface area contributed by atoms with Gasteiger partial charge in [0.1, 0.15) is 5.82 Å². The van der Waals surface area contributed by atoms with E-state index in [-0.39, 0.29) is 12.4 Å². The summed E-state index contributed by atoms with van der Waals surface area (Å²) in [5, 5.41) is 12.4. The van der Waals surface area contributed by atoms with Crippen LogP contribution in [0.2, 0.25) is 0 Å². The first-order valence-electron chi connectivity index (χ1n) is 8.09. The number of rotatable bonds is 7. The number of hydrogen-bond acceptors (Lipinski definition) is 3. The minimum absolute atomic E-state index is 0.129. The van der Waals surface area contributed by atoms with Crippen molar-refractivity contribution in [2.45, 2.75) is 39.2 Å². The van der Waals surface area contributed by atoms with Gasteiger partial charge in [-0.3, -0.25) is 0 Å². The monoisotopic (exact) mass is 294 g/mol. The van der Waals surface area contributed by atoms with Crippen molar-refractivity contribution in [3.05, 3.63) is 29.6 Å². The van der Waals surface area contributed by atoms with Gasteiger partial charge >= 0.3 is 0 Å². The SMILES string of the molecule is CCCNCc1ccc(N2CCCC(CCO)C2)c(F)c1. The Bertz CT molecular complexity index is 437. The summed E-state index contributed by atoms with van der Waals surface area (Å²) in [4.78, 5) is 2.13. The van der Waals surface area contributed by atoms with Gasteiger partial charge < -0.3 is 15.3 Å². The van der Waals surface area contributed by atoms with E-state index in [2.05, 4.69) is 17.1 Å². The minimum Gasteiger partial charge on any atom is -0.396 e. The summed E-state index contributed by atoms with van der Waals surface area (Å²) in [6.45, 7) is 5.78. The Labute approximate surface area is 127 Å². The molecule has 0 bridgehead atoms. The molecule has 0 aromatic heterocycles. The molecule has 1 aromatic rings. The van der Waals surface area contributed by atoms with Crippen LogP contribution in [0, 0.1) is 11.7 Å². The molecule has 1 fully saturated rings. The molecule has 4 heteroatoms. The Morgan fingerprint density at radius 1 is 1.43 bits per heavy atom. The molecule has 0 saturated carbocycles. The van der Waals surface area contributed by atoms with Gasteiger partial charge in [-0.2, -0.15) is 0 Å². The number of nitrogens with one attached hydrogen (secondary N) is 1. The van der Waals surface area contributed by atoms with Crippen LogP contribution in [-0.4, -0.2) is 31.3 Å². The molecule has 118 valence electrons. The second-order valence-electron chi connectivity index (χ2n) is 5.93. The van der Waals surface area contributed by atoms with Crippen LogP contribution < -0.4 is 10.2 Å². The molecule has 0 spiro atoms. The molecule has 1 aliphatic rings. The van der Waals surface area contributed by atoms with Gasteiger partial charge in [0, 0.05) is 26.2 Å². The molecule has 0 radical (unpaired) electrons. The van der Waals surface area contributed by atoms with Crippen molar-refractivity contribution in [2.75, 3.05) is 31.1 Å². The summed E-state index contributed by atoms with van der Waals surface area (Å²) in [5.74, 6) is 0.351. The molecule has 0 amide bonds. The van der Waals surface area contributed by atoms with E-state index in [1.54, 1.807) is 6.07 Å². The average Bonchev–Trinajstić information content (AvgIpc) is 2.48. The first-order valence-corrected chi connectivity index (χ1v) is 8.09. The first-order chi connectivity index (χ1) is 10.2. The largest absolute Gasteiger partial charge is 0.396 e. The van der Waals surface area contributed by atoms with Crippen LogP contribution in [-0.2, 0) is 6.54 Å². The molecule has 1 aromatic carbocycles. The van der Waals surface area contributed by atoms with Crippen molar-refractivity contribution >= 4 is 5.69 Å². The van der Waals surface area contributed by atoms with Gasteiger partial charge in [-0.1, -0.05) is 13.0 Å². The number of piperidine rings is 1. The van der Waals surface area contributed by atoms with Crippen molar-refractivity contribution < 1.29 is 9.50 Å². The van der Waals surface area contributed by atoms with E-state index >= 15 is 0 Å². The predicted molar refractivity (Wildman–Crippen MR) is 85.0 cm³/mol. The Kier molecular flexibility index (Phi) is 6.46. The highest BCUT2D eigenvalue weighted by Gasteiger charge is 2.21. The number of nitrogens with zero attached hydrogens (tertiary/aromatic N) is 1. The van der Waals surface area contributed by atoms with E-state index in [4.69, 9.17) is 5.11 Å². The molecule has 21 heavy (non-hydrogen) atoms. The zero-order valence-electron chi connectivity index (χ0n) is 12.9. The van der Waals surface area contributed by atoms with Gasteiger partial charge in [0.15, 0.2) is 0 Å². The number of halogens is 1. The number of hydrogen-bond donors (Lipinski definition) is 2. The Morgan fingerprint density at radius 3 is 3.00 bits per heavy atom. The van der Waals surface area contributed by atoms with Crippen LogP contribution in [0.3, 0.4) is 0 Å². The molecule has 1 aliphatic heterocycles. The number of anilines is 1. The normalized spacial score (nSPS) is 19.0. The van der Waals surface area contributed by atoms with Gasteiger partial charge in [0.25, 0.3) is 0 Å². The lowest BCUT2D eigenvalue weighted by Gasteiger charge is -2.34. The van der Waals surface area contributed by atoms with Crippen LogP contribution in [0.25, 0.3) is 0 Å². The van der Waals surface area contributed by atoms with Gasteiger partial charge in [-0.15, -0.1) is 0 Å². The highest BCUT2D eigenvalue weighted by Crippen LogP contribution is 2.27. The quantitative estimate of drug-likeness (QED) is 0.759. The van der Waals surface area contributed by atoms with E-state index in [1.807, 2.05) is 12.1 Å². The fourth-order valence-electron chi connectivity index (χ4n) is 3.03. The lowest BCUT2D eigenvalue weighted by Crippen LogP contribution is -2.36. The van der Waals surface area contributed by atoms with Gasteiger partial charge in [0.05, 0.1) is 5.69 Å². The van der Waals surface area contributed by atoms with E-state index < -0.39 is 0 Å². The van der Waals surface area contributed by atoms with Crippen molar-refractivity contribution in [3.8, 4) is 0 Å². The fraction of sp³-hybridized carbons (Fsp3) is 0.647. The molecule has 1 atom stereocenters. The van der Waals surface area contributed by atoms with Gasteiger partial charge in [0.2, 0.25) is 0 Å². The maximum atomic E-state index is 14.3. The molecule has 0 aliphatic carbocycles. The third-order valence-corrected chi connectivity index (χ3v) is 4.17. The topological polar surface area (TPSA) is 35.5 Å². The summed E-state index contributed by atoms with van der Waals surface area (Å²) >= 11 is 0. The standard InChI is InChI=1S/C17H27FN2O/c1-2-8-19-12-15-5-6-17(16(18)11-15)20-9-3-4-14(13-20)7-10-21/h5-6,11,14,19,21H,2-4,7-10,12-13H2,1H3. The zero-order valence-corrected chi connectivity index (χ0v) is 12.9. The molecule has 3 nitrogen and oxygen atoms in total. The molecular formula is C17H27FN2O.